The van der Waals surface area contributed by atoms with E-state index in [0.717, 1.165) is 16.9 Å². The molecule has 2 N–H and O–H groups in total. The minimum atomic E-state index is -0.415. The van der Waals surface area contributed by atoms with Gasteiger partial charge >= 0.3 is 0 Å². The second-order valence-electron chi connectivity index (χ2n) is 7.30. The summed E-state index contributed by atoms with van der Waals surface area (Å²) in [5, 5.41) is 17.7. The lowest BCUT2D eigenvalue weighted by atomic mass is 9.95. The number of furan rings is 1. The van der Waals surface area contributed by atoms with Crippen LogP contribution in [-0.2, 0) is 6.54 Å². The highest BCUT2D eigenvalue weighted by molar-refractivity contribution is 6.00. The third kappa shape index (κ3) is 3.24. The molecule has 1 aliphatic heterocycles. The number of hydrogen-bond acceptors (Lipinski definition) is 5. The molecule has 0 unspecified atom stereocenters. The first-order chi connectivity index (χ1) is 15.2. The Hall–Kier alpha value is -4.00. The van der Waals surface area contributed by atoms with E-state index < -0.39 is 6.04 Å². The Morgan fingerprint density at radius 2 is 2.03 bits per heavy atom. The van der Waals surface area contributed by atoms with E-state index in [4.69, 9.17) is 9.15 Å². The molecule has 0 radical (unpaired) electrons. The fraction of sp³-hybridized carbons (Fsp3) is 0.167. The molecule has 3 heterocycles. The Morgan fingerprint density at radius 3 is 2.81 bits per heavy atom. The number of fused-ring (bicyclic) bond motifs is 1. The monoisotopic (exact) mass is 415 g/mol. The molecule has 4 aromatic rings. The van der Waals surface area contributed by atoms with Crippen LogP contribution >= 0.6 is 0 Å². The summed E-state index contributed by atoms with van der Waals surface area (Å²) in [5.41, 5.74) is 3.15. The zero-order chi connectivity index (χ0) is 21.4. The number of carbonyl (C=O) groups is 1. The normalized spacial score (nSPS) is 15.3. The number of para-hydroxylation sites is 1. The highest BCUT2D eigenvalue weighted by Gasteiger charge is 2.43. The topological polar surface area (TPSA) is 91.6 Å². The standard InChI is InChI=1S/C24H21N3O4/c1-2-30-16-8-5-7-15(13-16)23-20-21(18-10-3-4-11-19(18)28)25-26-22(20)24(29)27(23)14-17-9-6-12-31-17/h3-13,23,28H,2,14H2,1H3,(H,25,26)/t23-/m0/s1. The van der Waals surface area contributed by atoms with Gasteiger partial charge in [0.1, 0.15) is 28.6 Å². The second-order valence-corrected chi connectivity index (χ2v) is 7.30. The number of aromatic nitrogens is 2. The van der Waals surface area contributed by atoms with E-state index >= 15 is 0 Å². The van der Waals surface area contributed by atoms with Crippen molar-refractivity contribution in [3.8, 4) is 22.8 Å². The number of nitrogens with zero attached hydrogens (tertiary/aromatic N) is 2. The largest absolute Gasteiger partial charge is 0.507 e. The molecule has 0 aliphatic carbocycles. The number of H-pyrrole nitrogens is 1. The van der Waals surface area contributed by atoms with Gasteiger partial charge in [0, 0.05) is 11.1 Å². The van der Waals surface area contributed by atoms with E-state index in [1.165, 1.54) is 0 Å². The number of nitrogens with one attached hydrogen (secondary N) is 1. The molecule has 31 heavy (non-hydrogen) atoms. The van der Waals surface area contributed by atoms with Crippen LogP contribution in [0.1, 0.15) is 40.3 Å². The van der Waals surface area contributed by atoms with Gasteiger partial charge in [-0.05, 0) is 48.9 Å². The average Bonchev–Trinajstić information content (AvgIpc) is 3.49. The number of carbonyl (C=O) groups excluding carboxylic acids is 1. The van der Waals surface area contributed by atoms with E-state index in [-0.39, 0.29) is 11.7 Å². The molecule has 0 saturated carbocycles. The molecule has 0 fully saturated rings. The smallest absolute Gasteiger partial charge is 0.273 e. The predicted octanol–water partition coefficient (Wildman–Crippen LogP) is 4.52. The van der Waals surface area contributed by atoms with E-state index in [1.54, 1.807) is 35.4 Å². The van der Waals surface area contributed by atoms with Gasteiger partial charge in [0.25, 0.3) is 5.91 Å². The maximum Gasteiger partial charge on any atom is 0.273 e. The zero-order valence-electron chi connectivity index (χ0n) is 16.9. The van der Waals surface area contributed by atoms with E-state index in [2.05, 4.69) is 10.2 Å². The van der Waals surface area contributed by atoms with E-state index in [9.17, 15) is 9.90 Å². The predicted molar refractivity (Wildman–Crippen MR) is 114 cm³/mol. The Bertz CT molecular complexity index is 1230. The molecule has 0 spiro atoms. The van der Waals surface area contributed by atoms with Crippen LogP contribution in [-0.4, -0.2) is 32.7 Å². The van der Waals surface area contributed by atoms with Crippen molar-refractivity contribution >= 4 is 5.91 Å². The Labute approximate surface area is 178 Å². The Balaban J connectivity index is 1.67. The van der Waals surface area contributed by atoms with Gasteiger partial charge in [-0.3, -0.25) is 9.89 Å². The molecule has 2 aromatic heterocycles. The fourth-order valence-electron chi connectivity index (χ4n) is 4.10. The van der Waals surface area contributed by atoms with Crippen molar-refractivity contribution in [1.29, 1.82) is 0 Å². The highest BCUT2D eigenvalue weighted by Crippen LogP contribution is 2.45. The van der Waals surface area contributed by atoms with E-state index in [0.29, 0.717) is 35.9 Å². The van der Waals surface area contributed by atoms with Gasteiger partial charge in [-0.2, -0.15) is 5.10 Å². The Morgan fingerprint density at radius 1 is 1.16 bits per heavy atom. The highest BCUT2D eigenvalue weighted by atomic mass is 16.5. The fourth-order valence-corrected chi connectivity index (χ4v) is 4.10. The third-order valence-electron chi connectivity index (χ3n) is 5.41. The second kappa shape index (κ2) is 7.68. The maximum atomic E-state index is 13.4. The van der Waals surface area contributed by atoms with Gasteiger partial charge in [-0.1, -0.05) is 24.3 Å². The SMILES string of the molecule is CCOc1cccc([C@H]2c3c(-c4ccccc4O)n[nH]c3C(=O)N2Cc2ccco2)c1. The van der Waals surface area contributed by atoms with Crippen LogP contribution in [0.3, 0.4) is 0 Å². The molecule has 5 rings (SSSR count). The summed E-state index contributed by atoms with van der Waals surface area (Å²) in [7, 11) is 0. The number of hydrogen-bond donors (Lipinski definition) is 2. The molecular formula is C24H21N3O4. The van der Waals surface area contributed by atoms with Crippen molar-refractivity contribution in [3.63, 3.8) is 0 Å². The van der Waals surface area contributed by atoms with Crippen LogP contribution in [0, 0.1) is 0 Å². The van der Waals surface area contributed by atoms with Gasteiger partial charge in [-0.15, -0.1) is 0 Å². The van der Waals surface area contributed by atoms with Crippen molar-refractivity contribution in [3.05, 3.63) is 89.5 Å². The summed E-state index contributed by atoms with van der Waals surface area (Å²) < 4.78 is 11.2. The molecule has 0 saturated heterocycles. The summed E-state index contributed by atoms with van der Waals surface area (Å²) in [6.45, 7) is 2.78. The van der Waals surface area contributed by atoms with Gasteiger partial charge in [0.05, 0.1) is 25.5 Å². The first-order valence-electron chi connectivity index (χ1n) is 10.1. The van der Waals surface area contributed by atoms with Gasteiger partial charge in [0.15, 0.2) is 0 Å². The van der Waals surface area contributed by atoms with Crippen molar-refractivity contribution < 1.29 is 19.1 Å². The molecule has 1 amide bonds. The summed E-state index contributed by atoms with van der Waals surface area (Å²) in [6, 6.07) is 17.9. The van der Waals surface area contributed by atoms with Crippen molar-refractivity contribution in [1.82, 2.24) is 15.1 Å². The van der Waals surface area contributed by atoms with Crippen LogP contribution < -0.4 is 4.74 Å². The lowest BCUT2D eigenvalue weighted by molar-refractivity contribution is 0.0716. The molecule has 156 valence electrons. The lowest BCUT2D eigenvalue weighted by Crippen LogP contribution is -2.29. The number of phenols is 1. The molecule has 0 bridgehead atoms. The van der Waals surface area contributed by atoms with Crippen molar-refractivity contribution in [2.45, 2.75) is 19.5 Å². The number of benzene rings is 2. The van der Waals surface area contributed by atoms with Gasteiger partial charge in [-0.25, -0.2) is 0 Å². The molecular weight excluding hydrogens is 394 g/mol. The lowest BCUT2D eigenvalue weighted by Gasteiger charge is -2.26. The quantitative estimate of drug-likeness (QED) is 0.483. The zero-order valence-corrected chi connectivity index (χ0v) is 16.9. The number of amides is 1. The first kappa shape index (κ1) is 19.0. The number of ether oxygens (including phenoxy) is 1. The average molecular weight is 415 g/mol. The number of phenolic OH excluding ortho intramolecular Hbond substituents is 1. The summed E-state index contributed by atoms with van der Waals surface area (Å²) in [6.07, 6.45) is 1.59. The third-order valence-corrected chi connectivity index (χ3v) is 5.41. The van der Waals surface area contributed by atoms with Crippen LogP contribution in [0.15, 0.2) is 71.3 Å². The first-order valence-corrected chi connectivity index (χ1v) is 10.1. The molecule has 2 aromatic carbocycles. The van der Waals surface area contributed by atoms with Crippen LogP contribution in [0.2, 0.25) is 0 Å². The number of aromatic amines is 1. The van der Waals surface area contributed by atoms with Crippen molar-refractivity contribution in [2.24, 2.45) is 0 Å². The molecule has 1 aliphatic rings. The number of rotatable bonds is 6. The molecule has 7 nitrogen and oxygen atoms in total. The van der Waals surface area contributed by atoms with Crippen LogP contribution in [0.25, 0.3) is 11.3 Å². The van der Waals surface area contributed by atoms with Gasteiger partial charge in [0.2, 0.25) is 0 Å². The minimum absolute atomic E-state index is 0.107. The van der Waals surface area contributed by atoms with Crippen molar-refractivity contribution in [2.75, 3.05) is 6.61 Å². The Kier molecular flexibility index (Phi) is 4.71. The molecule has 7 heteroatoms. The van der Waals surface area contributed by atoms with Gasteiger partial charge < -0.3 is 19.2 Å². The maximum absolute atomic E-state index is 13.4. The van der Waals surface area contributed by atoms with Crippen LogP contribution in [0.4, 0.5) is 0 Å². The summed E-state index contributed by atoms with van der Waals surface area (Å²) >= 11 is 0. The summed E-state index contributed by atoms with van der Waals surface area (Å²) in [5.74, 6) is 1.34. The minimum Gasteiger partial charge on any atom is -0.507 e. The summed E-state index contributed by atoms with van der Waals surface area (Å²) in [4.78, 5) is 15.1. The van der Waals surface area contributed by atoms with E-state index in [1.807, 2.05) is 43.3 Å². The van der Waals surface area contributed by atoms with Crippen LogP contribution in [0.5, 0.6) is 11.5 Å². The molecule has 1 atom stereocenters. The number of aromatic hydroxyl groups is 1.